The molecule has 3 nitrogen and oxygen atoms in total. The maximum atomic E-state index is 5.68. The summed E-state index contributed by atoms with van der Waals surface area (Å²) < 4.78 is 0. The number of nitrogens with zero attached hydrogens (tertiary/aromatic N) is 3. The Bertz CT molecular complexity index is 252. The Labute approximate surface area is 91.3 Å². The largest absolute Gasteiger partial charge is 0.340 e. The van der Waals surface area contributed by atoms with Crippen molar-refractivity contribution in [1.82, 2.24) is 9.97 Å². The molecule has 1 aromatic heterocycles. The van der Waals surface area contributed by atoms with Gasteiger partial charge in [0, 0.05) is 18.4 Å². The topological polar surface area (TPSA) is 29.0 Å². The highest BCUT2D eigenvalue weighted by atomic mass is 79.9. The molecule has 0 fully saturated rings. The van der Waals surface area contributed by atoms with Crippen molar-refractivity contribution in [2.75, 3.05) is 23.3 Å². The lowest BCUT2D eigenvalue weighted by Gasteiger charge is -2.18. The third-order valence-electron chi connectivity index (χ3n) is 1.63. The normalized spacial score (nSPS) is 10.1. The van der Waals surface area contributed by atoms with Gasteiger partial charge in [0.25, 0.3) is 0 Å². The van der Waals surface area contributed by atoms with Gasteiger partial charge in [-0.15, -0.1) is 0 Å². The Kier molecular flexibility index (Phi) is 4.45. The summed E-state index contributed by atoms with van der Waals surface area (Å²) in [4.78, 5) is 10.3. The van der Waals surface area contributed by atoms with Gasteiger partial charge in [-0.2, -0.15) is 0 Å². The van der Waals surface area contributed by atoms with Gasteiger partial charge in [-0.25, -0.2) is 9.97 Å². The van der Waals surface area contributed by atoms with Crippen LogP contribution >= 0.6 is 27.5 Å². The molecular weight excluding hydrogens is 253 g/mol. The predicted octanol–water partition coefficient (Wildman–Crippen LogP) is 2.35. The molecule has 0 aliphatic carbocycles. The maximum absolute atomic E-state index is 5.68. The van der Waals surface area contributed by atoms with Gasteiger partial charge >= 0.3 is 0 Å². The molecule has 0 saturated heterocycles. The summed E-state index contributed by atoms with van der Waals surface area (Å²) >= 11 is 9.06. The molecular formula is C8H11BrClN3. The molecule has 0 aromatic carbocycles. The first kappa shape index (κ1) is 10.7. The zero-order chi connectivity index (χ0) is 9.68. The van der Waals surface area contributed by atoms with E-state index in [1.807, 2.05) is 0 Å². The van der Waals surface area contributed by atoms with Crippen LogP contribution in [0.4, 0.5) is 5.95 Å². The van der Waals surface area contributed by atoms with Gasteiger partial charge in [0.2, 0.25) is 5.95 Å². The molecule has 72 valence electrons. The molecule has 0 aliphatic heterocycles. The molecule has 0 N–H and O–H groups in total. The van der Waals surface area contributed by atoms with Gasteiger partial charge in [0.05, 0.1) is 17.4 Å². The molecule has 0 bridgehead atoms. The second-order valence-electron chi connectivity index (χ2n) is 2.47. The minimum Gasteiger partial charge on any atom is -0.340 e. The van der Waals surface area contributed by atoms with E-state index in [9.17, 15) is 0 Å². The fourth-order valence-electron chi connectivity index (χ4n) is 0.970. The lowest BCUT2D eigenvalue weighted by molar-refractivity contribution is 0.828. The van der Waals surface area contributed by atoms with Crippen molar-refractivity contribution < 1.29 is 0 Å². The van der Waals surface area contributed by atoms with Crippen molar-refractivity contribution in [2.45, 2.75) is 6.92 Å². The van der Waals surface area contributed by atoms with Crippen molar-refractivity contribution in [1.29, 1.82) is 0 Å². The Hall–Kier alpha value is -0.350. The lowest BCUT2D eigenvalue weighted by Crippen LogP contribution is -2.26. The van der Waals surface area contributed by atoms with E-state index < -0.39 is 0 Å². The molecule has 0 amide bonds. The number of anilines is 1. The summed E-state index contributed by atoms with van der Waals surface area (Å²) in [5.74, 6) is 0.728. The van der Waals surface area contributed by atoms with Crippen LogP contribution in [-0.4, -0.2) is 28.4 Å². The van der Waals surface area contributed by atoms with Crippen LogP contribution in [-0.2, 0) is 0 Å². The average Bonchev–Trinajstić information content (AvgIpc) is 2.16. The zero-order valence-corrected chi connectivity index (χ0v) is 9.72. The molecule has 0 saturated carbocycles. The number of hydrogen-bond donors (Lipinski definition) is 0. The summed E-state index contributed by atoms with van der Waals surface area (Å²) in [6.07, 6.45) is 3.22. The Morgan fingerprint density at radius 2 is 2.08 bits per heavy atom. The Morgan fingerprint density at radius 1 is 1.46 bits per heavy atom. The number of aromatic nitrogens is 2. The molecule has 13 heavy (non-hydrogen) atoms. The van der Waals surface area contributed by atoms with Gasteiger partial charge in [0.15, 0.2) is 0 Å². The molecule has 1 rings (SSSR count). The Morgan fingerprint density at radius 3 is 2.54 bits per heavy atom. The van der Waals surface area contributed by atoms with E-state index in [0.29, 0.717) is 5.02 Å². The quantitative estimate of drug-likeness (QED) is 0.782. The third-order valence-corrected chi connectivity index (χ3v) is 2.18. The van der Waals surface area contributed by atoms with E-state index in [2.05, 4.69) is 37.7 Å². The maximum Gasteiger partial charge on any atom is 0.225 e. The van der Waals surface area contributed by atoms with Crippen LogP contribution in [0, 0.1) is 0 Å². The molecule has 0 unspecified atom stereocenters. The van der Waals surface area contributed by atoms with Crippen LogP contribution < -0.4 is 4.90 Å². The van der Waals surface area contributed by atoms with E-state index in [1.165, 1.54) is 0 Å². The summed E-state index contributed by atoms with van der Waals surface area (Å²) in [6.45, 7) is 3.87. The van der Waals surface area contributed by atoms with E-state index in [-0.39, 0.29) is 0 Å². The summed E-state index contributed by atoms with van der Waals surface area (Å²) in [6, 6.07) is 0. The van der Waals surface area contributed by atoms with Gasteiger partial charge in [-0.05, 0) is 6.92 Å². The molecule has 0 aliphatic rings. The Balaban J connectivity index is 2.73. The average molecular weight is 265 g/mol. The second-order valence-corrected chi connectivity index (χ2v) is 3.70. The highest BCUT2D eigenvalue weighted by Crippen LogP contribution is 2.09. The molecule has 5 heteroatoms. The first-order valence-corrected chi connectivity index (χ1v) is 5.56. The molecule has 0 spiro atoms. The number of hydrogen-bond acceptors (Lipinski definition) is 3. The molecule has 1 heterocycles. The van der Waals surface area contributed by atoms with E-state index >= 15 is 0 Å². The minimum absolute atomic E-state index is 0.568. The summed E-state index contributed by atoms with van der Waals surface area (Å²) in [5.41, 5.74) is 0. The second kappa shape index (κ2) is 5.40. The smallest absolute Gasteiger partial charge is 0.225 e. The van der Waals surface area contributed by atoms with Crippen molar-refractivity contribution >= 4 is 33.5 Å². The molecule has 0 atom stereocenters. The van der Waals surface area contributed by atoms with Gasteiger partial charge in [-0.3, -0.25) is 0 Å². The number of rotatable bonds is 4. The van der Waals surface area contributed by atoms with E-state index in [1.54, 1.807) is 12.4 Å². The van der Waals surface area contributed by atoms with Crippen molar-refractivity contribution in [3.8, 4) is 0 Å². The third kappa shape index (κ3) is 3.12. The van der Waals surface area contributed by atoms with E-state index in [4.69, 9.17) is 11.6 Å². The standard InChI is InChI=1S/C8H11BrClN3/c1-2-13(4-3-9)8-11-5-7(10)6-12-8/h5-6H,2-4H2,1H3. The fourth-order valence-corrected chi connectivity index (χ4v) is 1.50. The fraction of sp³-hybridized carbons (Fsp3) is 0.500. The minimum atomic E-state index is 0.568. The van der Waals surface area contributed by atoms with Gasteiger partial charge in [-0.1, -0.05) is 27.5 Å². The number of alkyl halides is 1. The first-order valence-electron chi connectivity index (χ1n) is 4.06. The zero-order valence-electron chi connectivity index (χ0n) is 7.37. The highest BCUT2D eigenvalue weighted by Gasteiger charge is 2.05. The van der Waals surface area contributed by atoms with Crippen LogP contribution in [0.3, 0.4) is 0 Å². The van der Waals surface area contributed by atoms with Crippen molar-refractivity contribution in [2.24, 2.45) is 0 Å². The highest BCUT2D eigenvalue weighted by molar-refractivity contribution is 9.09. The molecule has 1 aromatic rings. The van der Waals surface area contributed by atoms with Crippen LogP contribution in [0.1, 0.15) is 6.92 Å². The summed E-state index contributed by atoms with van der Waals surface area (Å²) in [7, 11) is 0. The van der Waals surface area contributed by atoms with Crippen LogP contribution in [0.25, 0.3) is 0 Å². The van der Waals surface area contributed by atoms with Gasteiger partial charge < -0.3 is 4.90 Å². The number of halogens is 2. The van der Waals surface area contributed by atoms with E-state index in [0.717, 1.165) is 24.4 Å². The van der Waals surface area contributed by atoms with Crippen LogP contribution in [0.15, 0.2) is 12.4 Å². The summed E-state index contributed by atoms with van der Waals surface area (Å²) in [5, 5.41) is 1.48. The molecule has 0 radical (unpaired) electrons. The lowest BCUT2D eigenvalue weighted by atomic mass is 10.5. The van der Waals surface area contributed by atoms with Gasteiger partial charge in [0.1, 0.15) is 0 Å². The van der Waals surface area contributed by atoms with Crippen molar-refractivity contribution in [3.63, 3.8) is 0 Å². The monoisotopic (exact) mass is 263 g/mol. The first-order chi connectivity index (χ1) is 6.27. The van der Waals surface area contributed by atoms with Crippen LogP contribution in [0.2, 0.25) is 5.02 Å². The SMILES string of the molecule is CCN(CCBr)c1ncc(Cl)cn1. The van der Waals surface area contributed by atoms with Crippen molar-refractivity contribution in [3.05, 3.63) is 17.4 Å². The predicted molar refractivity (Wildman–Crippen MR) is 58.7 cm³/mol. The van der Waals surface area contributed by atoms with Crippen LogP contribution in [0.5, 0.6) is 0 Å².